The second kappa shape index (κ2) is 3.64. The van der Waals surface area contributed by atoms with E-state index >= 15 is 0 Å². The van der Waals surface area contributed by atoms with Crippen molar-refractivity contribution in [3.63, 3.8) is 0 Å². The van der Waals surface area contributed by atoms with Gasteiger partial charge in [0, 0.05) is 19.0 Å². The van der Waals surface area contributed by atoms with Gasteiger partial charge in [0.25, 0.3) is 0 Å². The molecule has 1 aliphatic heterocycles. The molecular weight excluding hydrogens is 176 g/mol. The van der Waals surface area contributed by atoms with Crippen LogP contribution in [-0.4, -0.2) is 24.6 Å². The van der Waals surface area contributed by atoms with Crippen molar-refractivity contribution < 1.29 is 0 Å². The summed E-state index contributed by atoms with van der Waals surface area (Å²) in [6.07, 6.45) is 0. The first kappa shape index (κ1) is 8.97. The van der Waals surface area contributed by atoms with E-state index in [1.807, 2.05) is 18.2 Å². The van der Waals surface area contributed by atoms with Crippen LogP contribution in [0.1, 0.15) is 5.69 Å². The van der Waals surface area contributed by atoms with Gasteiger partial charge < -0.3 is 10.6 Å². The van der Waals surface area contributed by atoms with Gasteiger partial charge in [-0.05, 0) is 18.7 Å². The third-order valence-electron chi connectivity index (χ3n) is 2.46. The average molecular weight is 188 g/mol. The van der Waals surface area contributed by atoms with Crippen LogP contribution in [0.2, 0.25) is 0 Å². The summed E-state index contributed by atoms with van der Waals surface area (Å²) in [6.45, 7) is 2.64. The van der Waals surface area contributed by atoms with Crippen molar-refractivity contribution in [2.45, 2.75) is 0 Å². The molecule has 1 saturated heterocycles. The first-order valence-electron chi connectivity index (χ1n) is 4.65. The molecule has 14 heavy (non-hydrogen) atoms. The lowest BCUT2D eigenvalue weighted by atomic mass is 10.0. The Balaban J connectivity index is 2.08. The fourth-order valence-corrected chi connectivity index (χ4v) is 1.57. The molecule has 1 aliphatic rings. The van der Waals surface area contributed by atoms with Crippen molar-refractivity contribution in [2.24, 2.45) is 11.7 Å². The molecule has 2 N–H and O–H groups in total. The highest BCUT2D eigenvalue weighted by atomic mass is 15.2. The van der Waals surface area contributed by atoms with E-state index in [0.29, 0.717) is 11.6 Å². The minimum absolute atomic E-state index is 0.471. The van der Waals surface area contributed by atoms with Gasteiger partial charge in [-0.2, -0.15) is 5.26 Å². The molecule has 0 aliphatic carbocycles. The predicted octanol–water partition coefficient (Wildman–Crippen LogP) is 0.348. The van der Waals surface area contributed by atoms with Crippen molar-refractivity contribution in [1.82, 2.24) is 4.98 Å². The standard InChI is InChI=1S/C10H12N4/c11-4-8-6-14(7-8)10-3-1-2-9(5-12)13-10/h1-3,8H,4,6-7,11H2. The zero-order chi connectivity index (χ0) is 9.97. The number of rotatable bonds is 2. The largest absolute Gasteiger partial charge is 0.356 e. The summed E-state index contributed by atoms with van der Waals surface area (Å²) in [4.78, 5) is 6.34. The molecule has 1 fully saturated rings. The van der Waals surface area contributed by atoms with Crippen LogP contribution >= 0.6 is 0 Å². The Kier molecular flexibility index (Phi) is 2.33. The van der Waals surface area contributed by atoms with Gasteiger partial charge in [0.15, 0.2) is 0 Å². The molecule has 4 heteroatoms. The summed E-state index contributed by atoms with van der Waals surface area (Å²) in [5, 5.41) is 8.68. The lowest BCUT2D eigenvalue weighted by molar-refractivity contribution is 0.417. The Bertz CT molecular complexity index is 363. The topological polar surface area (TPSA) is 65.9 Å². The molecule has 72 valence electrons. The highest BCUT2D eigenvalue weighted by Gasteiger charge is 2.26. The molecule has 0 aromatic carbocycles. The number of hydrogen-bond acceptors (Lipinski definition) is 4. The quantitative estimate of drug-likeness (QED) is 0.727. The molecule has 0 unspecified atom stereocenters. The second-order valence-corrected chi connectivity index (χ2v) is 3.50. The van der Waals surface area contributed by atoms with E-state index in [4.69, 9.17) is 11.0 Å². The van der Waals surface area contributed by atoms with Gasteiger partial charge in [0.1, 0.15) is 17.6 Å². The Hall–Kier alpha value is -1.60. The average Bonchev–Trinajstić information content (AvgIpc) is 2.17. The lowest BCUT2D eigenvalue weighted by Crippen LogP contribution is -2.50. The van der Waals surface area contributed by atoms with Crippen LogP contribution in [0, 0.1) is 17.2 Å². The fraction of sp³-hybridized carbons (Fsp3) is 0.400. The lowest BCUT2D eigenvalue weighted by Gasteiger charge is -2.39. The van der Waals surface area contributed by atoms with E-state index in [1.165, 1.54) is 0 Å². The summed E-state index contributed by atoms with van der Waals surface area (Å²) in [6, 6.07) is 7.53. The maximum atomic E-state index is 8.68. The van der Waals surface area contributed by atoms with Crippen LogP contribution < -0.4 is 10.6 Å². The minimum atomic E-state index is 0.471. The van der Waals surface area contributed by atoms with Crippen LogP contribution in [-0.2, 0) is 0 Å². The highest BCUT2D eigenvalue weighted by Crippen LogP contribution is 2.21. The Morgan fingerprint density at radius 3 is 3.00 bits per heavy atom. The van der Waals surface area contributed by atoms with E-state index in [2.05, 4.69) is 9.88 Å². The molecule has 0 bridgehead atoms. The van der Waals surface area contributed by atoms with Gasteiger partial charge in [-0.15, -0.1) is 0 Å². The summed E-state index contributed by atoms with van der Waals surface area (Å²) < 4.78 is 0. The third-order valence-corrected chi connectivity index (χ3v) is 2.46. The SMILES string of the molecule is N#Cc1cccc(N2CC(CN)C2)n1. The third kappa shape index (κ3) is 1.54. The molecule has 0 amide bonds. The highest BCUT2D eigenvalue weighted by molar-refractivity contribution is 5.44. The Labute approximate surface area is 83.0 Å². The second-order valence-electron chi connectivity index (χ2n) is 3.50. The maximum absolute atomic E-state index is 8.68. The molecule has 0 radical (unpaired) electrons. The predicted molar refractivity (Wildman–Crippen MR) is 53.7 cm³/mol. The van der Waals surface area contributed by atoms with E-state index in [9.17, 15) is 0 Å². The zero-order valence-corrected chi connectivity index (χ0v) is 7.85. The first-order valence-corrected chi connectivity index (χ1v) is 4.65. The van der Waals surface area contributed by atoms with Crippen molar-refractivity contribution in [3.8, 4) is 6.07 Å². The maximum Gasteiger partial charge on any atom is 0.142 e. The van der Waals surface area contributed by atoms with Gasteiger partial charge in [0.2, 0.25) is 0 Å². The van der Waals surface area contributed by atoms with E-state index in [-0.39, 0.29) is 0 Å². The summed E-state index contributed by atoms with van der Waals surface area (Å²) >= 11 is 0. The number of nitrogens with zero attached hydrogens (tertiary/aromatic N) is 3. The number of nitrogens with two attached hydrogens (primary N) is 1. The number of aromatic nitrogens is 1. The van der Waals surface area contributed by atoms with E-state index in [1.54, 1.807) is 6.07 Å². The molecule has 0 atom stereocenters. The summed E-state index contributed by atoms with van der Waals surface area (Å²) in [5.74, 6) is 1.47. The number of nitriles is 1. The molecule has 1 aromatic heterocycles. The van der Waals surface area contributed by atoms with Gasteiger partial charge in [-0.25, -0.2) is 4.98 Å². The van der Waals surface area contributed by atoms with Crippen molar-refractivity contribution in [2.75, 3.05) is 24.5 Å². The van der Waals surface area contributed by atoms with Gasteiger partial charge in [0.05, 0.1) is 0 Å². The van der Waals surface area contributed by atoms with Crippen LogP contribution in [0.3, 0.4) is 0 Å². The van der Waals surface area contributed by atoms with Crippen LogP contribution in [0.5, 0.6) is 0 Å². The monoisotopic (exact) mass is 188 g/mol. The molecule has 2 rings (SSSR count). The van der Waals surface area contributed by atoms with Crippen molar-refractivity contribution in [1.29, 1.82) is 5.26 Å². The first-order chi connectivity index (χ1) is 6.83. The Morgan fingerprint density at radius 1 is 1.57 bits per heavy atom. The number of hydrogen-bond donors (Lipinski definition) is 1. The van der Waals surface area contributed by atoms with Crippen LogP contribution in [0.25, 0.3) is 0 Å². The summed E-state index contributed by atoms with van der Waals surface area (Å²) in [5.41, 5.74) is 6.00. The van der Waals surface area contributed by atoms with Crippen molar-refractivity contribution in [3.05, 3.63) is 23.9 Å². The molecule has 0 saturated carbocycles. The molecular formula is C10H12N4. The smallest absolute Gasteiger partial charge is 0.142 e. The van der Waals surface area contributed by atoms with Gasteiger partial charge in [-0.1, -0.05) is 6.07 Å². The minimum Gasteiger partial charge on any atom is -0.356 e. The van der Waals surface area contributed by atoms with E-state index < -0.39 is 0 Å². The van der Waals surface area contributed by atoms with Crippen LogP contribution in [0.4, 0.5) is 5.82 Å². The number of anilines is 1. The van der Waals surface area contributed by atoms with Crippen molar-refractivity contribution >= 4 is 5.82 Å². The zero-order valence-electron chi connectivity index (χ0n) is 7.85. The summed E-state index contributed by atoms with van der Waals surface area (Å²) in [7, 11) is 0. The van der Waals surface area contributed by atoms with E-state index in [0.717, 1.165) is 25.5 Å². The number of pyridine rings is 1. The molecule has 4 nitrogen and oxygen atoms in total. The normalized spacial score (nSPS) is 16.1. The van der Waals surface area contributed by atoms with Crippen LogP contribution in [0.15, 0.2) is 18.2 Å². The van der Waals surface area contributed by atoms with Gasteiger partial charge in [-0.3, -0.25) is 0 Å². The van der Waals surface area contributed by atoms with Gasteiger partial charge >= 0.3 is 0 Å². The molecule has 2 heterocycles. The Morgan fingerprint density at radius 2 is 2.36 bits per heavy atom. The molecule has 0 spiro atoms. The fourth-order valence-electron chi connectivity index (χ4n) is 1.57. The molecule has 1 aromatic rings.